The zero-order valence-electron chi connectivity index (χ0n) is 10.5. The Bertz CT molecular complexity index is 635. The Morgan fingerprint density at radius 2 is 1.65 bits per heavy atom. The van der Waals surface area contributed by atoms with Gasteiger partial charge in [0, 0.05) is 12.1 Å². The average molecular weight is 271 g/mol. The van der Waals surface area contributed by atoms with Crippen LogP contribution >= 0.6 is 0 Å². The number of carbonyl (C=O) groups is 2. The van der Waals surface area contributed by atoms with E-state index in [9.17, 15) is 14.7 Å². The van der Waals surface area contributed by atoms with Crippen molar-refractivity contribution < 1.29 is 19.8 Å². The zero-order chi connectivity index (χ0) is 14.5. The molecule has 0 aliphatic heterocycles. The van der Waals surface area contributed by atoms with Gasteiger partial charge in [0.05, 0.1) is 5.56 Å². The van der Waals surface area contributed by atoms with Crippen LogP contribution < -0.4 is 5.32 Å². The average Bonchev–Trinajstić information content (AvgIpc) is 2.45. The monoisotopic (exact) mass is 271 g/mol. The SMILES string of the molecule is O=C(O)c1ccc(C(=O)NCc2cccc(O)c2)cc1. The van der Waals surface area contributed by atoms with Crippen LogP contribution in [0.5, 0.6) is 5.75 Å². The van der Waals surface area contributed by atoms with Crippen molar-refractivity contribution >= 4 is 11.9 Å². The first-order valence-electron chi connectivity index (χ1n) is 5.96. The van der Waals surface area contributed by atoms with Gasteiger partial charge in [0.2, 0.25) is 0 Å². The van der Waals surface area contributed by atoms with Gasteiger partial charge in [-0.25, -0.2) is 4.79 Å². The summed E-state index contributed by atoms with van der Waals surface area (Å²) in [6.07, 6.45) is 0. The van der Waals surface area contributed by atoms with Gasteiger partial charge in [0.25, 0.3) is 5.91 Å². The molecule has 0 aliphatic carbocycles. The van der Waals surface area contributed by atoms with Crippen LogP contribution in [0.3, 0.4) is 0 Å². The van der Waals surface area contributed by atoms with Gasteiger partial charge in [-0.1, -0.05) is 12.1 Å². The third kappa shape index (κ3) is 3.35. The van der Waals surface area contributed by atoms with E-state index in [1.807, 2.05) is 0 Å². The Balaban J connectivity index is 1.99. The number of phenolic OH excluding ortho intramolecular Hbond substituents is 1. The standard InChI is InChI=1S/C15H13NO4/c17-13-3-1-2-10(8-13)9-16-14(18)11-4-6-12(7-5-11)15(19)20/h1-8,17H,9H2,(H,16,18)(H,19,20). The van der Waals surface area contributed by atoms with E-state index in [-0.39, 0.29) is 23.8 Å². The summed E-state index contributed by atoms with van der Waals surface area (Å²) in [6, 6.07) is 12.3. The number of hydrogen-bond donors (Lipinski definition) is 3. The highest BCUT2D eigenvalue weighted by Gasteiger charge is 2.07. The molecule has 0 spiro atoms. The number of amides is 1. The smallest absolute Gasteiger partial charge is 0.335 e. The van der Waals surface area contributed by atoms with Crippen molar-refractivity contribution in [2.24, 2.45) is 0 Å². The van der Waals surface area contributed by atoms with Crippen LogP contribution in [0.15, 0.2) is 48.5 Å². The Morgan fingerprint density at radius 1 is 1.00 bits per heavy atom. The number of hydrogen-bond acceptors (Lipinski definition) is 3. The number of carboxylic acid groups (broad SMARTS) is 1. The van der Waals surface area contributed by atoms with E-state index in [1.54, 1.807) is 24.3 Å². The van der Waals surface area contributed by atoms with E-state index >= 15 is 0 Å². The molecule has 0 saturated carbocycles. The Labute approximate surface area is 115 Å². The summed E-state index contributed by atoms with van der Waals surface area (Å²) < 4.78 is 0. The molecule has 0 heterocycles. The molecular formula is C15H13NO4. The molecular weight excluding hydrogens is 258 g/mol. The molecule has 3 N–H and O–H groups in total. The Kier molecular flexibility index (Phi) is 4.00. The van der Waals surface area contributed by atoms with Crippen molar-refractivity contribution in [2.75, 3.05) is 0 Å². The van der Waals surface area contributed by atoms with Gasteiger partial charge in [-0.2, -0.15) is 0 Å². The lowest BCUT2D eigenvalue weighted by atomic mass is 10.1. The molecule has 0 atom stereocenters. The molecule has 0 unspecified atom stereocenters. The first-order valence-corrected chi connectivity index (χ1v) is 5.96. The summed E-state index contributed by atoms with van der Waals surface area (Å²) in [4.78, 5) is 22.6. The molecule has 0 radical (unpaired) electrons. The Morgan fingerprint density at radius 3 is 2.25 bits per heavy atom. The highest BCUT2D eigenvalue weighted by Crippen LogP contribution is 2.11. The van der Waals surface area contributed by atoms with Gasteiger partial charge < -0.3 is 15.5 Å². The summed E-state index contributed by atoms with van der Waals surface area (Å²) >= 11 is 0. The molecule has 2 aromatic carbocycles. The number of rotatable bonds is 4. The quantitative estimate of drug-likeness (QED) is 0.794. The maximum absolute atomic E-state index is 11.9. The summed E-state index contributed by atoms with van der Waals surface area (Å²) in [5.41, 5.74) is 1.30. The minimum absolute atomic E-state index is 0.134. The third-order valence-electron chi connectivity index (χ3n) is 2.76. The fourth-order valence-electron chi connectivity index (χ4n) is 1.72. The second kappa shape index (κ2) is 5.88. The van der Waals surface area contributed by atoms with Crippen LogP contribution in [0, 0.1) is 0 Å². The minimum atomic E-state index is -1.03. The molecule has 2 rings (SSSR count). The number of benzene rings is 2. The first-order chi connectivity index (χ1) is 9.56. The van der Waals surface area contributed by atoms with Crippen LogP contribution in [0.4, 0.5) is 0 Å². The van der Waals surface area contributed by atoms with Gasteiger partial charge in [0.15, 0.2) is 0 Å². The number of aromatic carboxylic acids is 1. The minimum Gasteiger partial charge on any atom is -0.508 e. The van der Waals surface area contributed by atoms with Crippen LogP contribution in [0.1, 0.15) is 26.3 Å². The van der Waals surface area contributed by atoms with Crippen molar-refractivity contribution in [1.29, 1.82) is 0 Å². The number of carbonyl (C=O) groups excluding carboxylic acids is 1. The summed E-state index contributed by atoms with van der Waals surface area (Å²) in [7, 11) is 0. The van der Waals surface area contributed by atoms with E-state index < -0.39 is 5.97 Å². The second-order valence-corrected chi connectivity index (χ2v) is 4.24. The van der Waals surface area contributed by atoms with Crippen LogP contribution in [-0.2, 0) is 6.54 Å². The molecule has 0 aromatic heterocycles. The van der Waals surface area contributed by atoms with E-state index in [2.05, 4.69) is 5.32 Å². The molecule has 5 heteroatoms. The van der Waals surface area contributed by atoms with Crippen molar-refractivity contribution in [3.63, 3.8) is 0 Å². The van der Waals surface area contributed by atoms with Gasteiger partial charge in [-0.3, -0.25) is 4.79 Å². The fraction of sp³-hybridized carbons (Fsp3) is 0.0667. The summed E-state index contributed by atoms with van der Waals surface area (Å²) in [5.74, 6) is -1.19. The summed E-state index contributed by atoms with van der Waals surface area (Å²) in [6.45, 7) is 0.286. The highest BCUT2D eigenvalue weighted by atomic mass is 16.4. The lowest BCUT2D eigenvalue weighted by Crippen LogP contribution is -2.22. The van der Waals surface area contributed by atoms with Gasteiger partial charge in [-0.15, -0.1) is 0 Å². The largest absolute Gasteiger partial charge is 0.508 e. The van der Waals surface area contributed by atoms with Crippen molar-refractivity contribution in [3.05, 3.63) is 65.2 Å². The van der Waals surface area contributed by atoms with Crippen LogP contribution in [-0.4, -0.2) is 22.1 Å². The fourth-order valence-corrected chi connectivity index (χ4v) is 1.72. The third-order valence-corrected chi connectivity index (χ3v) is 2.76. The van der Waals surface area contributed by atoms with E-state index in [0.717, 1.165) is 5.56 Å². The molecule has 0 aliphatic rings. The molecule has 0 fully saturated rings. The van der Waals surface area contributed by atoms with Crippen LogP contribution in [0.25, 0.3) is 0 Å². The number of carboxylic acids is 1. The molecule has 102 valence electrons. The van der Waals surface area contributed by atoms with E-state index in [4.69, 9.17) is 5.11 Å². The van der Waals surface area contributed by atoms with E-state index in [1.165, 1.54) is 24.3 Å². The van der Waals surface area contributed by atoms with Crippen molar-refractivity contribution in [2.45, 2.75) is 6.54 Å². The van der Waals surface area contributed by atoms with Crippen LogP contribution in [0.2, 0.25) is 0 Å². The lowest BCUT2D eigenvalue weighted by Gasteiger charge is -2.06. The molecule has 2 aromatic rings. The molecule has 5 nitrogen and oxygen atoms in total. The topological polar surface area (TPSA) is 86.6 Å². The normalized spacial score (nSPS) is 10.0. The van der Waals surface area contributed by atoms with Gasteiger partial charge in [0.1, 0.15) is 5.75 Å². The predicted molar refractivity (Wildman–Crippen MR) is 72.7 cm³/mol. The lowest BCUT2D eigenvalue weighted by molar-refractivity contribution is 0.0696. The van der Waals surface area contributed by atoms with E-state index in [0.29, 0.717) is 5.56 Å². The first kappa shape index (κ1) is 13.6. The highest BCUT2D eigenvalue weighted by molar-refractivity contribution is 5.95. The summed E-state index contributed by atoms with van der Waals surface area (Å²) in [5, 5.41) is 20.8. The number of phenols is 1. The second-order valence-electron chi connectivity index (χ2n) is 4.24. The zero-order valence-corrected chi connectivity index (χ0v) is 10.5. The number of nitrogens with one attached hydrogen (secondary N) is 1. The molecule has 0 saturated heterocycles. The molecule has 20 heavy (non-hydrogen) atoms. The van der Waals surface area contributed by atoms with Gasteiger partial charge >= 0.3 is 5.97 Å². The Hall–Kier alpha value is -2.82. The van der Waals surface area contributed by atoms with Gasteiger partial charge in [-0.05, 0) is 42.0 Å². The van der Waals surface area contributed by atoms with Crippen molar-refractivity contribution in [3.8, 4) is 5.75 Å². The molecule has 0 bridgehead atoms. The maximum atomic E-state index is 11.9. The molecule has 1 amide bonds. The number of aromatic hydroxyl groups is 1. The maximum Gasteiger partial charge on any atom is 0.335 e. The van der Waals surface area contributed by atoms with Crippen molar-refractivity contribution in [1.82, 2.24) is 5.32 Å². The predicted octanol–water partition coefficient (Wildman–Crippen LogP) is 2.02.